The fourth-order valence-corrected chi connectivity index (χ4v) is 3.34. The summed E-state index contributed by atoms with van der Waals surface area (Å²) in [6.45, 7) is 3.89. The summed E-state index contributed by atoms with van der Waals surface area (Å²) >= 11 is 0. The lowest BCUT2D eigenvalue weighted by Crippen LogP contribution is -2.47. The van der Waals surface area contributed by atoms with Gasteiger partial charge < -0.3 is 14.6 Å². The van der Waals surface area contributed by atoms with Gasteiger partial charge in [0.15, 0.2) is 0 Å². The first-order chi connectivity index (χ1) is 11.9. The van der Waals surface area contributed by atoms with Crippen LogP contribution in [0.1, 0.15) is 28.8 Å². The van der Waals surface area contributed by atoms with Gasteiger partial charge in [0.25, 0.3) is 11.5 Å². The SMILES string of the molecule is O=C(c1cc(C(F)(F)F)c[nH]c1=O)N1CCC[C@H]1CN1CCOCC1. The van der Waals surface area contributed by atoms with E-state index in [1.165, 1.54) is 4.90 Å². The first-order valence-corrected chi connectivity index (χ1v) is 8.27. The van der Waals surface area contributed by atoms with E-state index in [-0.39, 0.29) is 6.04 Å². The quantitative estimate of drug-likeness (QED) is 0.884. The highest BCUT2D eigenvalue weighted by molar-refractivity contribution is 5.94. The summed E-state index contributed by atoms with van der Waals surface area (Å²) in [5.41, 5.74) is -2.28. The molecule has 1 amide bonds. The van der Waals surface area contributed by atoms with Gasteiger partial charge in [0.1, 0.15) is 5.56 Å². The van der Waals surface area contributed by atoms with Crippen molar-refractivity contribution in [3.8, 4) is 0 Å². The Morgan fingerprint density at radius 1 is 1.28 bits per heavy atom. The highest BCUT2D eigenvalue weighted by atomic mass is 19.4. The van der Waals surface area contributed by atoms with E-state index >= 15 is 0 Å². The van der Waals surface area contributed by atoms with Crippen LogP contribution in [0.2, 0.25) is 0 Å². The average Bonchev–Trinajstić information content (AvgIpc) is 3.02. The van der Waals surface area contributed by atoms with E-state index in [1.54, 1.807) is 0 Å². The number of carbonyl (C=O) groups is 1. The minimum absolute atomic E-state index is 0.0976. The van der Waals surface area contributed by atoms with Crippen molar-refractivity contribution in [2.45, 2.75) is 25.1 Å². The van der Waals surface area contributed by atoms with Crippen molar-refractivity contribution in [2.24, 2.45) is 0 Å². The van der Waals surface area contributed by atoms with E-state index in [0.29, 0.717) is 38.6 Å². The van der Waals surface area contributed by atoms with E-state index < -0.39 is 28.8 Å². The van der Waals surface area contributed by atoms with Crippen molar-refractivity contribution in [1.29, 1.82) is 0 Å². The fraction of sp³-hybridized carbons (Fsp3) is 0.625. The number of H-pyrrole nitrogens is 1. The predicted molar refractivity (Wildman–Crippen MR) is 83.4 cm³/mol. The number of hydrogen-bond acceptors (Lipinski definition) is 4. The number of likely N-dealkylation sites (tertiary alicyclic amines) is 1. The standard InChI is InChI=1S/C16H20F3N3O3/c17-16(18,19)11-8-13(14(23)20-9-11)15(24)22-3-1-2-12(22)10-21-4-6-25-7-5-21/h8-9,12H,1-7,10H2,(H,20,23)/t12-/m0/s1. The van der Waals surface area contributed by atoms with Crippen LogP contribution in [0.15, 0.2) is 17.1 Å². The van der Waals surface area contributed by atoms with E-state index in [1.807, 2.05) is 4.98 Å². The number of aromatic amines is 1. The van der Waals surface area contributed by atoms with Gasteiger partial charge >= 0.3 is 6.18 Å². The number of nitrogens with zero attached hydrogens (tertiary/aromatic N) is 2. The Labute approximate surface area is 142 Å². The van der Waals surface area contributed by atoms with Crippen LogP contribution < -0.4 is 5.56 Å². The Hall–Kier alpha value is -1.87. The molecule has 25 heavy (non-hydrogen) atoms. The molecule has 3 heterocycles. The van der Waals surface area contributed by atoms with Gasteiger partial charge in [-0.1, -0.05) is 0 Å². The van der Waals surface area contributed by atoms with Crippen LogP contribution in [0.4, 0.5) is 13.2 Å². The smallest absolute Gasteiger partial charge is 0.379 e. The zero-order chi connectivity index (χ0) is 18.0. The lowest BCUT2D eigenvalue weighted by Gasteiger charge is -2.32. The van der Waals surface area contributed by atoms with Crippen LogP contribution in [0.25, 0.3) is 0 Å². The number of morpholine rings is 1. The summed E-state index contributed by atoms with van der Waals surface area (Å²) in [5.74, 6) is -0.636. The van der Waals surface area contributed by atoms with Crippen LogP contribution >= 0.6 is 0 Å². The second kappa shape index (κ2) is 7.17. The Morgan fingerprint density at radius 2 is 2.00 bits per heavy atom. The number of ether oxygens (including phenoxy) is 1. The molecule has 2 aliphatic rings. The number of nitrogens with one attached hydrogen (secondary N) is 1. The second-order valence-electron chi connectivity index (χ2n) is 6.34. The lowest BCUT2D eigenvalue weighted by atomic mass is 10.1. The summed E-state index contributed by atoms with van der Waals surface area (Å²) in [7, 11) is 0. The van der Waals surface area contributed by atoms with Crippen molar-refractivity contribution < 1.29 is 22.7 Å². The highest BCUT2D eigenvalue weighted by Crippen LogP contribution is 2.29. The third-order valence-corrected chi connectivity index (χ3v) is 4.67. The number of aromatic nitrogens is 1. The Morgan fingerprint density at radius 3 is 2.68 bits per heavy atom. The molecule has 1 aromatic heterocycles. The normalized spacial score (nSPS) is 22.4. The molecule has 0 aromatic carbocycles. The van der Waals surface area contributed by atoms with Gasteiger partial charge in [-0.25, -0.2) is 0 Å². The Kier molecular flexibility index (Phi) is 5.14. The number of halogens is 3. The maximum Gasteiger partial charge on any atom is 0.417 e. The summed E-state index contributed by atoms with van der Waals surface area (Å²) in [4.78, 5) is 30.3. The number of amides is 1. The molecule has 9 heteroatoms. The topological polar surface area (TPSA) is 65.6 Å². The van der Waals surface area contributed by atoms with Crippen molar-refractivity contribution in [3.05, 3.63) is 33.7 Å². The van der Waals surface area contributed by atoms with Gasteiger partial charge in [-0.3, -0.25) is 14.5 Å². The van der Waals surface area contributed by atoms with E-state index in [0.717, 1.165) is 25.9 Å². The fourth-order valence-electron chi connectivity index (χ4n) is 3.34. The Balaban J connectivity index is 1.78. The molecule has 1 N–H and O–H groups in total. The molecule has 0 saturated carbocycles. The zero-order valence-corrected chi connectivity index (χ0v) is 13.6. The number of alkyl halides is 3. The summed E-state index contributed by atoms with van der Waals surface area (Å²) in [5, 5.41) is 0. The third-order valence-electron chi connectivity index (χ3n) is 4.67. The van der Waals surface area contributed by atoms with Crippen molar-refractivity contribution >= 4 is 5.91 Å². The number of carbonyl (C=O) groups excluding carboxylic acids is 1. The average molecular weight is 359 g/mol. The molecule has 2 saturated heterocycles. The van der Waals surface area contributed by atoms with E-state index in [9.17, 15) is 22.8 Å². The number of rotatable bonds is 3. The zero-order valence-electron chi connectivity index (χ0n) is 13.6. The van der Waals surface area contributed by atoms with Crippen LogP contribution in [-0.4, -0.2) is 66.1 Å². The molecule has 1 aromatic rings. The molecular weight excluding hydrogens is 339 g/mol. The molecule has 3 rings (SSSR count). The first kappa shape index (κ1) is 17.9. The summed E-state index contributed by atoms with van der Waals surface area (Å²) in [6, 6.07) is 0.546. The Bertz CT molecular complexity index is 683. The van der Waals surface area contributed by atoms with E-state index in [2.05, 4.69) is 4.90 Å². The molecule has 1 atom stereocenters. The predicted octanol–water partition coefficient (Wildman–Crippen LogP) is 1.33. The van der Waals surface area contributed by atoms with Crippen LogP contribution in [0.3, 0.4) is 0 Å². The molecular formula is C16H20F3N3O3. The molecule has 0 unspecified atom stereocenters. The molecule has 0 bridgehead atoms. The maximum absolute atomic E-state index is 12.9. The van der Waals surface area contributed by atoms with Crippen LogP contribution in [0, 0.1) is 0 Å². The van der Waals surface area contributed by atoms with Crippen molar-refractivity contribution in [3.63, 3.8) is 0 Å². The summed E-state index contributed by atoms with van der Waals surface area (Å²) in [6.07, 6.45) is -2.47. The minimum atomic E-state index is -4.61. The van der Waals surface area contributed by atoms with Gasteiger partial charge in [0.2, 0.25) is 0 Å². The second-order valence-corrected chi connectivity index (χ2v) is 6.34. The van der Waals surface area contributed by atoms with Gasteiger partial charge in [-0.2, -0.15) is 13.2 Å². The van der Waals surface area contributed by atoms with Gasteiger partial charge in [-0.15, -0.1) is 0 Å². The maximum atomic E-state index is 12.9. The third kappa shape index (κ3) is 4.04. The van der Waals surface area contributed by atoms with Crippen LogP contribution in [-0.2, 0) is 10.9 Å². The monoisotopic (exact) mass is 359 g/mol. The molecule has 2 fully saturated rings. The van der Waals surface area contributed by atoms with Gasteiger partial charge in [-0.05, 0) is 18.9 Å². The molecule has 0 radical (unpaired) electrons. The molecule has 2 aliphatic heterocycles. The highest BCUT2D eigenvalue weighted by Gasteiger charge is 2.35. The molecule has 0 aliphatic carbocycles. The largest absolute Gasteiger partial charge is 0.417 e. The van der Waals surface area contributed by atoms with Crippen molar-refractivity contribution in [1.82, 2.24) is 14.8 Å². The molecule has 6 nitrogen and oxygen atoms in total. The number of pyridine rings is 1. The van der Waals surface area contributed by atoms with Crippen LogP contribution in [0.5, 0.6) is 0 Å². The molecule has 0 spiro atoms. The first-order valence-electron chi connectivity index (χ1n) is 8.27. The minimum Gasteiger partial charge on any atom is -0.379 e. The van der Waals surface area contributed by atoms with Crippen molar-refractivity contribution in [2.75, 3.05) is 39.4 Å². The van der Waals surface area contributed by atoms with Gasteiger partial charge in [0, 0.05) is 38.4 Å². The summed E-state index contributed by atoms with van der Waals surface area (Å²) < 4.78 is 43.9. The van der Waals surface area contributed by atoms with E-state index in [4.69, 9.17) is 4.74 Å². The lowest BCUT2D eigenvalue weighted by molar-refractivity contribution is -0.137. The molecule has 138 valence electrons. The van der Waals surface area contributed by atoms with Gasteiger partial charge in [0.05, 0.1) is 18.8 Å². The number of hydrogen-bond donors (Lipinski definition) is 1.